The second-order valence-electron chi connectivity index (χ2n) is 5.28. The van der Waals surface area contributed by atoms with E-state index in [-0.39, 0.29) is 6.04 Å². The first kappa shape index (κ1) is 16.6. The number of hydrogen-bond donors (Lipinski definition) is 4. The first-order valence-electron chi connectivity index (χ1n) is 7.01. The molecule has 23 heavy (non-hydrogen) atoms. The maximum Gasteiger partial charge on any atom is 0.328 e. The average Bonchev–Trinajstić information content (AvgIpc) is 2.98. The summed E-state index contributed by atoms with van der Waals surface area (Å²) in [5.41, 5.74) is 9.79. The van der Waals surface area contributed by atoms with E-state index in [1.54, 1.807) is 6.07 Å². The summed E-state index contributed by atoms with van der Waals surface area (Å²) >= 11 is 0. The van der Waals surface area contributed by atoms with E-state index in [9.17, 15) is 14.7 Å². The number of carboxylic acid groups (broad SMARTS) is 2. The zero-order valence-electron chi connectivity index (χ0n) is 12.6. The predicted molar refractivity (Wildman–Crippen MR) is 84.2 cm³/mol. The molecule has 5 N–H and O–H groups in total. The Labute approximate surface area is 132 Å². The molecule has 1 atom stereocenters. The monoisotopic (exact) mass is 318 g/mol. The van der Waals surface area contributed by atoms with Crippen LogP contribution in [-0.4, -0.2) is 31.8 Å². The van der Waals surface area contributed by atoms with Crippen molar-refractivity contribution in [2.45, 2.75) is 18.9 Å². The number of carboxylic acids is 2. The Hall–Kier alpha value is -2.80. The quantitative estimate of drug-likeness (QED) is 0.622. The highest BCUT2D eigenvalue weighted by atomic mass is 16.4. The fourth-order valence-electron chi connectivity index (χ4n) is 2.81. The third kappa shape index (κ3) is 3.51. The molecule has 0 saturated carbocycles. The Kier molecular flexibility index (Phi) is 4.71. The van der Waals surface area contributed by atoms with Crippen LogP contribution in [0, 0.1) is 0 Å². The molecule has 7 nitrogen and oxygen atoms in total. The van der Waals surface area contributed by atoms with E-state index in [1.165, 1.54) is 11.3 Å². The fourth-order valence-corrected chi connectivity index (χ4v) is 2.81. The third-order valence-corrected chi connectivity index (χ3v) is 3.78. The van der Waals surface area contributed by atoms with Crippen molar-refractivity contribution in [1.29, 1.82) is 0 Å². The van der Waals surface area contributed by atoms with E-state index in [1.807, 2.05) is 12.1 Å². The highest BCUT2D eigenvalue weighted by molar-refractivity contribution is 5.89. The first-order valence-corrected chi connectivity index (χ1v) is 7.01. The smallest absolute Gasteiger partial charge is 0.328 e. The molecule has 3 rings (SSSR count). The molecule has 0 bridgehead atoms. The summed E-state index contributed by atoms with van der Waals surface area (Å²) in [6, 6.07) is 5.63. The number of carbonyl (C=O) groups is 2. The molecule has 122 valence electrons. The van der Waals surface area contributed by atoms with Crippen LogP contribution < -0.4 is 5.73 Å². The molecule has 0 saturated heterocycles. The molecule has 1 aromatic carbocycles. The van der Waals surface area contributed by atoms with Gasteiger partial charge < -0.3 is 25.6 Å². The number of benzene rings is 1. The lowest BCUT2D eigenvalue weighted by Crippen LogP contribution is -2.04. The van der Waals surface area contributed by atoms with Gasteiger partial charge in [-0.25, -0.2) is 9.59 Å². The van der Waals surface area contributed by atoms with E-state index in [0.29, 0.717) is 17.9 Å². The lowest BCUT2D eigenvalue weighted by molar-refractivity contribution is -0.134. The van der Waals surface area contributed by atoms with E-state index >= 15 is 0 Å². The molecule has 1 unspecified atom stereocenters. The number of nitrogens with zero attached hydrogens (tertiary/aromatic N) is 1. The van der Waals surface area contributed by atoms with Crippen LogP contribution in [0.25, 0.3) is 10.9 Å². The van der Waals surface area contributed by atoms with Crippen LogP contribution in [0.5, 0.6) is 5.75 Å². The minimum atomic E-state index is -1.26. The lowest BCUT2D eigenvalue weighted by atomic mass is 10.1. The summed E-state index contributed by atoms with van der Waals surface area (Å²) < 4.78 is 2.19. The van der Waals surface area contributed by atoms with Gasteiger partial charge in [0.2, 0.25) is 0 Å². The second kappa shape index (κ2) is 6.53. The Morgan fingerprint density at radius 1 is 1.26 bits per heavy atom. The number of aryl methyl sites for hydroxylation is 1. The van der Waals surface area contributed by atoms with Gasteiger partial charge in [-0.05, 0) is 36.6 Å². The zero-order valence-corrected chi connectivity index (χ0v) is 12.6. The summed E-state index contributed by atoms with van der Waals surface area (Å²) in [4.78, 5) is 19.1. The molecule has 0 fully saturated rings. The normalized spacial score (nSPS) is 16.2. The van der Waals surface area contributed by atoms with E-state index < -0.39 is 11.9 Å². The Morgan fingerprint density at radius 3 is 2.43 bits per heavy atom. The van der Waals surface area contributed by atoms with Crippen molar-refractivity contribution in [2.24, 2.45) is 12.8 Å². The molecule has 1 heterocycles. The molecule has 1 aliphatic rings. The number of aromatic nitrogens is 1. The van der Waals surface area contributed by atoms with Crippen LogP contribution >= 0.6 is 0 Å². The number of phenolic OH excluding ortho intramolecular Hbond substituents is 1. The predicted octanol–water partition coefficient (Wildman–Crippen LogP) is 1.54. The van der Waals surface area contributed by atoms with E-state index in [4.69, 9.17) is 15.9 Å². The van der Waals surface area contributed by atoms with Gasteiger partial charge in [0, 0.05) is 41.8 Å². The number of hydrogen-bond acceptors (Lipinski definition) is 4. The van der Waals surface area contributed by atoms with Crippen LogP contribution in [0.4, 0.5) is 0 Å². The van der Waals surface area contributed by atoms with Crippen molar-refractivity contribution < 1.29 is 24.9 Å². The highest BCUT2D eigenvalue weighted by Crippen LogP contribution is 2.38. The van der Waals surface area contributed by atoms with Crippen LogP contribution in [0.15, 0.2) is 30.4 Å². The largest absolute Gasteiger partial charge is 0.508 e. The van der Waals surface area contributed by atoms with Crippen molar-refractivity contribution in [2.75, 3.05) is 0 Å². The van der Waals surface area contributed by atoms with Gasteiger partial charge in [-0.3, -0.25) is 0 Å². The number of rotatable bonds is 2. The Bertz CT molecular complexity index is 775. The van der Waals surface area contributed by atoms with Gasteiger partial charge in [0.15, 0.2) is 0 Å². The SMILES string of the molecule is Cn1c2c(c3cc(O)ccc31)C(N)CC2.O=C(O)/C=C\C(=O)O. The van der Waals surface area contributed by atoms with Gasteiger partial charge in [0.25, 0.3) is 0 Å². The van der Waals surface area contributed by atoms with Gasteiger partial charge >= 0.3 is 11.9 Å². The summed E-state index contributed by atoms with van der Waals surface area (Å²) in [5.74, 6) is -2.20. The van der Waals surface area contributed by atoms with E-state index in [2.05, 4.69) is 11.6 Å². The second-order valence-corrected chi connectivity index (χ2v) is 5.28. The van der Waals surface area contributed by atoms with Crippen LogP contribution in [0.2, 0.25) is 0 Å². The molecule has 0 aliphatic heterocycles. The van der Waals surface area contributed by atoms with Crippen LogP contribution in [0.1, 0.15) is 23.7 Å². The van der Waals surface area contributed by atoms with Gasteiger partial charge in [0.05, 0.1) is 0 Å². The summed E-state index contributed by atoms with van der Waals surface area (Å²) in [6.07, 6.45) is 3.18. The lowest BCUT2D eigenvalue weighted by Gasteiger charge is -2.03. The molecule has 2 aromatic rings. The van der Waals surface area contributed by atoms with Gasteiger partial charge in [-0.2, -0.15) is 0 Å². The van der Waals surface area contributed by atoms with Gasteiger partial charge in [0.1, 0.15) is 5.75 Å². The van der Waals surface area contributed by atoms with Crippen molar-refractivity contribution in [1.82, 2.24) is 4.57 Å². The molecule has 0 radical (unpaired) electrons. The first-order chi connectivity index (χ1) is 10.8. The summed E-state index contributed by atoms with van der Waals surface area (Å²) in [7, 11) is 2.07. The van der Waals surface area contributed by atoms with Crippen molar-refractivity contribution in [3.8, 4) is 5.75 Å². The Morgan fingerprint density at radius 2 is 1.87 bits per heavy atom. The number of aromatic hydroxyl groups is 1. The van der Waals surface area contributed by atoms with Crippen molar-refractivity contribution in [3.05, 3.63) is 41.6 Å². The number of fused-ring (bicyclic) bond motifs is 3. The van der Waals surface area contributed by atoms with Crippen molar-refractivity contribution in [3.63, 3.8) is 0 Å². The molecule has 1 aliphatic carbocycles. The summed E-state index contributed by atoms with van der Waals surface area (Å²) in [6.45, 7) is 0. The molecular formula is C16H18N2O5. The molecule has 1 aromatic heterocycles. The Balaban J connectivity index is 0.000000207. The standard InChI is InChI=1S/C12H14N2O.C4H4O4/c1-14-10-4-2-7(15)6-8(10)12-9(13)3-5-11(12)14;5-3(6)1-2-4(7)8/h2,4,6,9,15H,3,5,13H2,1H3;1-2H,(H,5,6)(H,7,8)/b;2-1-. The summed E-state index contributed by atoms with van der Waals surface area (Å²) in [5, 5.41) is 26.2. The third-order valence-electron chi connectivity index (χ3n) is 3.78. The molecule has 7 heteroatoms. The maximum absolute atomic E-state index is 9.55. The van der Waals surface area contributed by atoms with Gasteiger partial charge in [-0.15, -0.1) is 0 Å². The van der Waals surface area contributed by atoms with Crippen molar-refractivity contribution >= 4 is 22.8 Å². The number of nitrogens with two attached hydrogens (primary N) is 1. The zero-order chi connectivity index (χ0) is 17.1. The average molecular weight is 318 g/mol. The highest BCUT2D eigenvalue weighted by Gasteiger charge is 2.25. The minimum absolute atomic E-state index is 0.130. The maximum atomic E-state index is 9.55. The minimum Gasteiger partial charge on any atom is -0.508 e. The molecular weight excluding hydrogens is 300 g/mol. The number of aliphatic carboxylic acids is 2. The van der Waals surface area contributed by atoms with E-state index in [0.717, 1.165) is 23.7 Å². The van der Waals surface area contributed by atoms with Crippen LogP contribution in [-0.2, 0) is 23.1 Å². The topological polar surface area (TPSA) is 126 Å². The molecule has 0 spiro atoms. The molecule has 0 amide bonds. The van der Waals surface area contributed by atoms with Crippen LogP contribution in [0.3, 0.4) is 0 Å². The number of phenols is 1. The fraction of sp³-hybridized carbons (Fsp3) is 0.250. The van der Waals surface area contributed by atoms with Gasteiger partial charge in [-0.1, -0.05) is 0 Å².